The molecule has 0 unspecified atom stereocenters. The molecule has 0 N–H and O–H groups in total. The van der Waals surface area contributed by atoms with Gasteiger partial charge >= 0.3 is 7.12 Å². The Kier molecular flexibility index (Phi) is 2.99. The highest BCUT2D eigenvalue weighted by Crippen LogP contribution is 2.39. The van der Waals surface area contributed by atoms with E-state index in [1.807, 2.05) is 12.1 Å². The molecule has 0 amide bonds. The van der Waals surface area contributed by atoms with Crippen molar-refractivity contribution in [1.29, 1.82) is 0 Å². The molecule has 3 rings (SSSR count). The van der Waals surface area contributed by atoms with Gasteiger partial charge in [-0.1, -0.05) is 29.8 Å². The first kappa shape index (κ1) is 13.4. The molecule has 100 valence electrons. The smallest absolute Gasteiger partial charge is 0.399 e. The van der Waals surface area contributed by atoms with E-state index in [-0.39, 0.29) is 11.2 Å². The summed E-state index contributed by atoms with van der Waals surface area (Å²) in [5.41, 5.74) is 0.273. The fraction of sp³-hybridized carbons (Fsp3) is 0.429. The van der Waals surface area contributed by atoms with Crippen LogP contribution in [-0.2, 0) is 9.31 Å². The van der Waals surface area contributed by atoms with Crippen LogP contribution in [0.5, 0.6) is 0 Å². The molecule has 0 spiro atoms. The molecule has 2 nitrogen and oxygen atoms in total. The van der Waals surface area contributed by atoms with Crippen LogP contribution < -0.4 is 5.46 Å². The summed E-state index contributed by atoms with van der Waals surface area (Å²) in [6, 6.07) is 8.17. The van der Waals surface area contributed by atoms with E-state index >= 15 is 0 Å². The van der Waals surface area contributed by atoms with Crippen molar-refractivity contribution in [2.24, 2.45) is 0 Å². The lowest BCUT2D eigenvalue weighted by atomic mass is 9.79. The van der Waals surface area contributed by atoms with E-state index in [1.54, 1.807) is 11.3 Å². The summed E-state index contributed by atoms with van der Waals surface area (Å²) < 4.78 is 14.1. The Balaban J connectivity index is 2.10. The van der Waals surface area contributed by atoms with Crippen LogP contribution in [-0.4, -0.2) is 18.3 Å². The average Bonchev–Trinajstić information content (AvgIpc) is 2.72. The van der Waals surface area contributed by atoms with Crippen LogP contribution in [0.3, 0.4) is 0 Å². The Bertz CT molecular complexity index is 619. The largest absolute Gasteiger partial charge is 0.497 e. The Morgan fingerprint density at radius 2 is 1.63 bits per heavy atom. The molecule has 0 radical (unpaired) electrons. The molecular formula is C14H16BClO2S. The number of hydrogen-bond donors (Lipinski definition) is 0. The van der Waals surface area contributed by atoms with Crippen molar-refractivity contribution in [1.82, 2.24) is 0 Å². The van der Waals surface area contributed by atoms with Crippen LogP contribution in [0.1, 0.15) is 27.7 Å². The van der Waals surface area contributed by atoms with Gasteiger partial charge in [-0.05, 0) is 39.1 Å². The lowest BCUT2D eigenvalue weighted by Gasteiger charge is -2.32. The molecule has 2 aromatic rings. The van der Waals surface area contributed by atoms with Gasteiger partial charge < -0.3 is 9.31 Å². The van der Waals surface area contributed by atoms with Crippen LogP contribution in [0.2, 0.25) is 4.34 Å². The SMILES string of the molecule is CC1(C)OB(c2c(Cl)sc3ccccc23)OC1(C)C. The molecule has 1 fully saturated rings. The van der Waals surface area contributed by atoms with Crippen LogP contribution in [0.4, 0.5) is 0 Å². The molecule has 2 heterocycles. The van der Waals surface area contributed by atoms with Crippen LogP contribution >= 0.6 is 22.9 Å². The van der Waals surface area contributed by atoms with E-state index in [4.69, 9.17) is 20.9 Å². The second-order valence-electron chi connectivity index (χ2n) is 5.87. The topological polar surface area (TPSA) is 18.5 Å². The maximum atomic E-state index is 6.39. The average molecular weight is 295 g/mol. The normalized spacial score (nSPS) is 21.2. The first-order chi connectivity index (χ1) is 8.82. The molecule has 0 aliphatic carbocycles. The molecule has 0 atom stereocenters. The number of halogens is 1. The summed E-state index contributed by atoms with van der Waals surface area (Å²) in [6.45, 7) is 8.20. The van der Waals surface area contributed by atoms with E-state index in [9.17, 15) is 0 Å². The molecule has 1 aliphatic rings. The van der Waals surface area contributed by atoms with Gasteiger partial charge in [-0.2, -0.15) is 0 Å². The molecular weight excluding hydrogens is 278 g/mol. The Labute approximate surface area is 122 Å². The highest BCUT2D eigenvalue weighted by molar-refractivity contribution is 7.24. The van der Waals surface area contributed by atoms with Gasteiger partial charge in [-0.15, -0.1) is 11.3 Å². The van der Waals surface area contributed by atoms with E-state index < -0.39 is 7.12 Å². The standard InChI is InChI=1S/C14H16BClO2S/c1-13(2)14(3,4)18-15(17-13)11-9-7-5-6-8-10(9)19-12(11)16/h5-8H,1-4H3. The van der Waals surface area contributed by atoms with Crippen molar-refractivity contribution in [3.63, 3.8) is 0 Å². The number of thiophene rings is 1. The molecule has 0 bridgehead atoms. The minimum Gasteiger partial charge on any atom is -0.399 e. The molecule has 1 saturated heterocycles. The number of fused-ring (bicyclic) bond motifs is 1. The van der Waals surface area contributed by atoms with Crippen molar-refractivity contribution >= 4 is 45.6 Å². The number of rotatable bonds is 1. The van der Waals surface area contributed by atoms with Crippen LogP contribution in [0.25, 0.3) is 10.1 Å². The van der Waals surface area contributed by atoms with Crippen LogP contribution in [0.15, 0.2) is 24.3 Å². The minimum absolute atomic E-state index is 0.343. The van der Waals surface area contributed by atoms with Crippen molar-refractivity contribution in [2.75, 3.05) is 0 Å². The quantitative estimate of drug-likeness (QED) is 0.744. The highest BCUT2D eigenvalue weighted by Gasteiger charge is 2.52. The Morgan fingerprint density at radius 1 is 1.05 bits per heavy atom. The molecule has 1 aromatic carbocycles. The fourth-order valence-corrected chi connectivity index (χ4v) is 3.60. The monoisotopic (exact) mass is 294 g/mol. The zero-order chi connectivity index (χ0) is 13.8. The van der Waals surface area contributed by atoms with E-state index in [0.717, 1.165) is 19.9 Å². The lowest BCUT2D eigenvalue weighted by molar-refractivity contribution is 0.00578. The maximum absolute atomic E-state index is 6.39. The van der Waals surface area contributed by atoms with Gasteiger partial charge in [0.2, 0.25) is 0 Å². The van der Waals surface area contributed by atoms with Crippen molar-refractivity contribution in [2.45, 2.75) is 38.9 Å². The zero-order valence-corrected chi connectivity index (χ0v) is 13.1. The van der Waals surface area contributed by atoms with Crippen molar-refractivity contribution < 1.29 is 9.31 Å². The first-order valence-corrected chi connectivity index (χ1v) is 7.54. The van der Waals surface area contributed by atoms with Gasteiger partial charge in [0.1, 0.15) is 0 Å². The molecule has 1 aliphatic heterocycles. The predicted octanol–water partition coefficient (Wildman–Crippen LogP) is 3.85. The van der Waals surface area contributed by atoms with Gasteiger partial charge in [0.25, 0.3) is 0 Å². The summed E-state index contributed by atoms with van der Waals surface area (Å²) in [7, 11) is -0.395. The molecule has 5 heteroatoms. The Morgan fingerprint density at radius 3 is 2.26 bits per heavy atom. The van der Waals surface area contributed by atoms with Gasteiger partial charge in [0.15, 0.2) is 0 Å². The summed E-state index contributed by atoms with van der Waals surface area (Å²) in [5, 5.41) is 1.12. The van der Waals surface area contributed by atoms with Crippen LogP contribution in [0, 0.1) is 0 Å². The second-order valence-corrected chi connectivity index (χ2v) is 7.53. The van der Waals surface area contributed by atoms with E-state index in [0.29, 0.717) is 0 Å². The third-order valence-electron chi connectivity index (χ3n) is 4.08. The first-order valence-electron chi connectivity index (χ1n) is 6.34. The zero-order valence-electron chi connectivity index (χ0n) is 11.5. The molecule has 1 aromatic heterocycles. The summed E-state index contributed by atoms with van der Waals surface area (Å²) >= 11 is 7.96. The van der Waals surface area contributed by atoms with Gasteiger partial charge in [0.05, 0.1) is 15.5 Å². The van der Waals surface area contributed by atoms with Gasteiger partial charge in [0, 0.05) is 10.2 Å². The van der Waals surface area contributed by atoms with Gasteiger partial charge in [-0.25, -0.2) is 0 Å². The summed E-state index contributed by atoms with van der Waals surface area (Å²) in [4.78, 5) is 0. The van der Waals surface area contributed by atoms with E-state index in [2.05, 4.69) is 39.8 Å². The maximum Gasteiger partial charge on any atom is 0.497 e. The van der Waals surface area contributed by atoms with E-state index in [1.165, 1.54) is 0 Å². The number of benzene rings is 1. The third-order valence-corrected chi connectivity index (χ3v) is 5.49. The van der Waals surface area contributed by atoms with Gasteiger partial charge in [-0.3, -0.25) is 0 Å². The lowest BCUT2D eigenvalue weighted by Crippen LogP contribution is -2.41. The minimum atomic E-state index is -0.395. The highest BCUT2D eigenvalue weighted by atomic mass is 35.5. The molecule has 0 saturated carbocycles. The second kappa shape index (κ2) is 4.22. The fourth-order valence-electron chi connectivity index (χ4n) is 2.22. The number of hydrogen-bond acceptors (Lipinski definition) is 3. The summed E-state index contributed by atoms with van der Waals surface area (Å²) in [5.74, 6) is 0. The summed E-state index contributed by atoms with van der Waals surface area (Å²) in [6.07, 6.45) is 0. The predicted molar refractivity (Wildman–Crippen MR) is 82.6 cm³/mol. The molecule has 19 heavy (non-hydrogen) atoms. The van der Waals surface area contributed by atoms with Crippen molar-refractivity contribution in [3.05, 3.63) is 28.6 Å². The Hall–Kier alpha value is -0.545. The van der Waals surface area contributed by atoms with Crippen molar-refractivity contribution in [3.8, 4) is 0 Å². The third kappa shape index (κ3) is 2.02.